The zero-order valence-electron chi connectivity index (χ0n) is 41.3. The lowest BCUT2D eigenvalue weighted by molar-refractivity contribution is 1.27. The predicted octanol–water partition coefficient (Wildman–Crippen LogP) is 18.8. The molecule has 0 radical (unpaired) electrons. The maximum atomic E-state index is 4.94. The normalized spacial score (nSPS) is 11.1. The van der Waals surface area contributed by atoms with Gasteiger partial charge in [-0.1, -0.05) is 206 Å². The van der Waals surface area contributed by atoms with Gasteiger partial charge in [-0.05, 0) is 163 Å². The van der Waals surface area contributed by atoms with Gasteiger partial charge in [0, 0.05) is 35.3 Å². The summed E-state index contributed by atoms with van der Waals surface area (Å²) in [7, 11) is 0. The summed E-state index contributed by atoms with van der Waals surface area (Å²) < 4.78 is 0. The minimum atomic E-state index is 0.945. The van der Waals surface area contributed by atoms with Crippen LogP contribution in [0.1, 0.15) is 11.1 Å². The lowest BCUT2D eigenvalue weighted by Crippen LogP contribution is -1.93. The Morgan fingerprint density at radius 3 is 1.01 bits per heavy atom. The summed E-state index contributed by atoms with van der Waals surface area (Å²) in [6, 6.07) is 91.8. The summed E-state index contributed by atoms with van der Waals surface area (Å²) in [6.45, 7) is 4.24. The molecule has 74 heavy (non-hydrogen) atoms. The van der Waals surface area contributed by atoms with E-state index in [1.165, 1.54) is 33.4 Å². The summed E-state index contributed by atoms with van der Waals surface area (Å²) in [6.07, 6.45) is 5.72. The van der Waals surface area contributed by atoms with Crippen molar-refractivity contribution in [2.75, 3.05) is 0 Å². The largest absolute Gasteiger partial charge is 0.256 e. The molecule has 3 aromatic heterocycles. The first kappa shape index (κ1) is 45.6. The summed E-state index contributed by atoms with van der Waals surface area (Å²) in [5.74, 6) is 0. The number of nitrogens with zero attached hydrogens (tertiary/aromatic N) is 3. The number of rotatable bonds is 11. The van der Waals surface area contributed by atoms with Gasteiger partial charge < -0.3 is 0 Å². The second kappa shape index (κ2) is 20.3. The molecule has 0 fully saturated rings. The quantitative estimate of drug-likeness (QED) is 0.130. The molecule has 0 spiro atoms. The van der Waals surface area contributed by atoms with Crippen molar-refractivity contribution in [1.29, 1.82) is 0 Å². The highest BCUT2D eigenvalue weighted by Crippen LogP contribution is 2.43. The van der Waals surface area contributed by atoms with E-state index in [1.807, 2.05) is 36.8 Å². The Bertz CT molecular complexity index is 3920. The van der Waals surface area contributed by atoms with Crippen LogP contribution < -0.4 is 0 Å². The fourth-order valence-electron chi connectivity index (χ4n) is 10.2. The van der Waals surface area contributed by atoms with Gasteiger partial charge in [0.2, 0.25) is 0 Å². The van der Waals surface area contributed by atoms with Gasteiger partial charge in [-0.2, -0.15) is 0 Å². The van der Waals surface area contributed by atoms with Crippen LogP contribution in [0.4, 0.5) is 0 Å². The highest BCUT2D eigenvalue weighted by molar-refractivity contribution is 5.94. The maximum Gasteiger partial charge on any atom is 0.0708 e. The average Bonchev–Trinajstić information content (AvgIpc) is 3.48. The molecule has 3 nitrogen and oxygen atoms in total. The number of aryl methyl sites for hydroxylation is 2. The zero-order chi connectivity index (χ0) is 49.8. The van der Waals surface area contributed by atoms with Crippen LogP contribution in [0.5, 0.6) is 0 Å². The summed E-state index contributed by atoms with van der Waals surface area (Å²) in [4.78, 5) is 14.2. The van der Waals surface area contributed by atoms with Crippen LogP contribution in [0.15, 0.2) is 273 Å². The van der Waals surface area contributed by atoms with Crippen molar-refractivity contribution in [3.63, 3.8) is 0 Å². The molecule has 0 unspecified atom stereocenters. The highest BCUT2D eigenvalue weighted by Gasteiger charge is 2.17. The lowest BCUT2D eigenvalue weighted by Gasteiger charge is -2.18. The minimum absolute atomic E-state index is 0.945. The number of aromatic nitrogens is 3. The standard InChI is InChI=1S/C71H51N3/c1-48-39-41-73-70(42-48)57-35-29-53(30-36-57)63-17-7-10-20-66(63)60-43-59(65-19-9-6-16-62(65)52-27-33-56(34-28-52)69-22-12-13-40-72-69)44-61(45-60)67-21-11-8-18-64(67)54-31-37-58(38-32-54)71-46-68(49(2)47-74-71)55-25-23-51(24-26-55)50-14-4-3-5-15-50/h3-47H,1-2H3. The van der Waals surface area contributed by atoms with Crippen LogP contribution in [0, 0.1) is 13.8 Å². The first-order valence-electron chi connectivity index (χ1n) is 25.2. The predicted molar refractivity (Wildman–Crippen MR) is 309 cm³/mol. The molecule has 0 saturated carbocycles. The molecule has 0 amide bonds. The topological polar surface area (TPSA) is 38.7 Å². The van der Waals surface area contributed by atoms with Crippen molar-refractivity contribution in [3.8, 4) is 123 Å². The van der Waals surface area contributed by atoms with Gasteiger partial charge >= 0.3 is 0 Å². The van der Waals surface area contributed by atoms with E-state index in [4.69, 9.17) is 4.98 Å². The van der Waals surface area contributed by atoms with Crippen molar-refractivity contribution >= 4 is 0 Å². The van der Waals surface area contributed by atoms with Crippen LogP contribution in [0.3, 0.4) is 0 Å². The average molecular weight is 946 g/mol. The minimum Gasteiger partial charge on any atom is -0.256 e. The van der Waals surface area contributed by atoms with Gasteiger partial charge in [-0.15, -0.1) is 0 Å². The Hall–Kier alpha value is -9.57. The van der Waals surface area contributed by atoms with E-state index in [-0.39, 0.29) is 0 Å². The Morgan fingerprint density at radius 1 is 0.216 bits per heavy atom. The monoisotopic (exact) mass is 945 g/mol. The Balaban J connectivity index is 0.938. The van der Waals surface area contributed by atoms with Crippen molar-refractivity contribution in [3.05, 3.63) is 285 Å². The van der Waals surface area contributed by atoms with Crippen molar-refractivity contribution in [1.82, 2.24) is 15.0 Å². The van der Waals surface area contributed by atoms with Gasteiger partial charge in [-0.25, -0.2) is 0 Å². The number of benzene rings is 9. The second-order valence-electron chi connectivity index (χ2n) is 18.9. The highest BCUT2D eigenvalue weighted by atomic mass is 14.7. The third-order valence-electron chi connectivity index (χ3n) is 14.1. The molecule has 0 aliphatic carbocycles. The van der Waals surface area contributed by atoms with E-state index in [9.17, 15) is 0 Å². The first-order valence-corrected chi connectivity index (χ1v) is 25.2. The Morgan fingerprint density at radius 2 is 0.568 bits per heavy atom. The third-order valence-corrected chi connectivity index (χ3v) is 14.1. The Kier molecular flexibility index (Phi) is 12.5. The molecule has 0 atom stereocenters. The third kappa shape index (κ3) is 9.39. The molecule has 9 aromatic carbocycles. The fourth-order valence-corrected chi connectivity index (χ4v) is 10.2. The van der Waals surface area contributed by atoms with Crippen molar-refractivity contribution in [2.45, 2.75) is 13.8 Å². The summed E-state index contributed by atoms with van der Waals surface area (Å²) in [5, 5.41) is 0. The Labute approximate surface area is 433 Å². The van der Waals surface area contributed by atoms with E-state index in [0.717, 1.165) is 101 Å². The molecular weight excluding hydrogens is 895 g/mol. The summed E-state index contributed by atoms with van der Waals surface area (Å²) >= 11 is 0. The van der Waals surface area contributed by atoms with Crippen LogP contribution in [-0.4, -0.2) is 15.0 Å². The van der Waals surface area contributed by atoms with Gasteiger partial charge in [0.1, 0.15) is 0 Å². The van der Waals surface area contributed by atoms with Crippen LogP contribution >= 0.6 is 0 Å². The van der Waals surface area contributed by atoms with Crippen LogP contribution in [-0.2, 0) is 0 Å². The smallest absolute Gasteiger partial charge is 0.0708 e. The van der Waals surface area contributed by atoms with Crippen molar-refractivity contribution in [2.24, 2.45) is 0 Å². The number of pyridine rings is 3. The van der Waals surface area contributed by atoms with E-state index in [2.05, 4.69) is 260 Å². The molecule has 3 heteroatoms. The maximum absolute atomic E-state index is 4.94. The SMILES string of the molecule is Cc1ccnc(-c2ccc(-c3ccccc3-c3cc(-c4ccccc4-c4ccc(-c5ccccn5)cc4)cc(-c4ccccc4-c4ccc(-c5cc(-c6ccc(-c7ccccc7)cc6)c(C)cn5)cc4)c3)cc2)c1. The van der Waals surface area contributed by atoms with Gasteiger partial charge in [-0.3, -0.25) is 15.0 Å². The first-order chi connectivity index (χ1) is 36.5. The van der Waals surface area contributed by atoms with Gasteiger partial charge in [0.05, 0.1) is 17.1 Å². The summed E-state index contributed by atoms with van der Waals surface area (Å²) in [5.41, 5.74) is 27.0. The molecule has 12 aromatic rings. The van der Waals surface area contributed by atoms with E-state index in [1.54, 1.807) is 0 Å². The van der Waals surface area contributed by atoms with Crippen LogP contribution in [0.25, 0.3) is 123 Å². The molecule has 3 heterocycles. The van der Waals surface area contributed by atoms with Gasteiger partial charge in [0.15, 0.2) is 0 Å². The second-order valence-corrected chi connectivity index (χ2v) is 18.9. The van der Waals surface area contributed by atoms with Crippen LogP contribution in [0.2, 0.25) is 0 Å². The van der Waals surface area contributed by atoms with E-state index in [0.29, 0.717) is 0 Å². The van der Waals surface area contributed by atoms with E-state index < -0.39 is 0 Å². The van der Waals surface area contributed by atoms with Crippen molar-refractivity contribution < 1.29 is 0 Å². The molecule has 12 rings (SSSR count). The number of hydrogen-bond acceptors (Lipinski definition) is 3. The molecular formula is C71H51N3. The molecule has 0 aliphatic heterocycles. The molecule has 0 saturated heterocycles. The molecule has 0 N–H and O–H groups in total. The number of hydrogen-bond donors (Lipinski definition) is 0. The fraction of sp³-hybridized carbons (Fsp3) is 0.0282. The molecule has 350 valence electrons. The van der Waals surface area contributed by atoms with Gasteiger partial charge in [0.25, 0.3) is 0 Å². The molecule has 0 bridgehead atoms. The zero-order valence-corrected chi connectivity index (χ0v) is 41.3. The van der Waals surface area contributed by atoms with E-state index >= 15 is 0 Å². The molecule has 0 aliphatic rings. The lowest BCUT2D eigenvalue weighted by atomic mass is 9.86.